The van der Waals surface area contributed by atoms with Crippen molar-refractivity contribution >= 4 is 11.7 Å². The second-order valence-electron chi connectivity index (χ2n) is 5.14. The fraction of sp³-hybridized carbons (Fsp3) is 0.533. The zero-order valence-electron chi connectivity index (χ0n) is 11.7. The molecule has 2 amide bonds. The van der Waals surface area contributed by atoms with Crippen LogP contribution in [-0.4, -0.2) is 19.2 Å². The summed E-state index contributed by atoms with van der Waals surface area (Å²) in [6.07, 6.45) is 6.83. The molecular formula is C15H21FN2O2. The van der Waals surface area contributed by atoms with Crippen molar-refractivity contribution in [3.8, 4) is 5.75 Å². The molecule has 0 aliphatic heterocycles. The van der Waals surface area contributed by atoms with E-state index in [0.717, 1.165) is 25.7 Å². The van der Waals surface area contributed by atoms with Crippen LogP contribution in [0, 0.1) is 5.82 Å². The van der Waals surface area contributed by atoms with Crippen molar-refractivity contribution in [3.63, 3.8) is 0 Å². The molecule has 0 saturated heterocycles. The molecule has 0 atom stereocenters. The number of benzene rings is 1. The van der Waals surface area contributed by atoms with Crippen LogP contribution in [0.4, 0.5) is 14.9 Å². The molecule has 0 aromatic heterocycles. The van der Waals surface area contributed by atoms with Crippen molar-refractivity contribution in [1.82, 2.24) is 5.32 Å². The molecule has 1 aromatic carbocycles. The van der Waals surface area contributed by atoms with Crippen LogP contribution in [0.25, 0.3) is 0 Å². The maximum atomic E-state index is 13.5. The number of nitrogens with one attached hydrogen (secondary N) is 2. The summed E-state index contributed by atoms with van der Waals surface area (Å²) in [6, 6.07) is 4.32. The number of halogens is 1. The Morgan fingerprint density at radius 2 is 1.95 bits per heavy atom. The Morgan fingerprint density at radius 1 is 1.25 bits per heavy atom. The quantitative estimate of drug-likeness (QED) is 0.830. The summed E-state index contributed by atoms with van der Waals surface area (Å²) in [4.78, 5) is 11.9. The van der Waals surface area contributed by atoms with E-state index in [-0.39, 0.29) is 17.8 Å². The lowest BCUT2D eigenvalue weighted by atomic mass is 10.1. The lowest BCUT2D eigenvalue weighted by molar-refractivity contribution is 0.247. The molecule has 1 saturated carbocycles. The molecule has 2 rings (SSSR count). The summed E-state index contributed by atoms with van der Waals surface area (Å²) < 4.78 is 18.4. The Balaban J connectivity index is 1.88. The monoisotopic (exact) mass is 280 g/mol. The van der Waals surface area contributed by atoms with Gasteiger partial charge in [0.25, 0.3) is 0 Å². The van der Waals surface area contributed by atoms with E-state index in [1.165, 1.54) is 32.1 Å². The average molecular weight is 280 g/mol. The third kappa shape index (κ3) is 4.11. The van der Waals surface area contributed by atoms with Crippen LogP contribution in [0.3, 0.4) is 0 Å². The van der Waals surface area contributed by atoms with E-state index >= 15 is 0 Å². The van der Waals surface area contributed by atoms with Gasteiger partial charge in [-0.3, -0.25) is 0 Å². The van der Waals surface area contributed by atoms with Crippen LogP contribution in [0.1, 0.15) is 38.5 Å². The van der Waals surface area contributed by atoms with Gasteiger partial charge in [0.05, 0.1) is 7.11 Å². The molecule has 0 radical (unpaired) electrons. The molecule has 1 aliphatic rings. The zero-order valence-corrected chi connectivity index (χ0v) is 11.7. The lowest BCUT2D eigenvalue weighted by Gasteiger charge is -2.17. The predicted octanol–water partition coefficient (Wildman–Crippen LogP) is 3.68. The van der Waals surface area contributed by atoms with E-state index in [4.69, 9.17) is 4.74 Å². The highest BCUT2D eigenvalue weighted by atomic mass is 19.1. The molecule has 0 spiro atoms. The molecule has 0 heterocycles. The number of ether oxygens (including phenoxy) is 1. The number of methoxy groups -OCH3 is 1. The second-order valence-corrected chi connectivity index (χ2v) is 5.14. The number of carbonyl (C=O) groups is 1. The topological polar surface area (TPSA) is 50.4 Å². The molecule has 1 aliphatic carbocycles. The van der Waals surface area contributed by atoms with Gasteiger partial charge in [-0.25, -0.2) is 9.18 Å². The first-order chi connectivity index (χ1) is 9.69. The van der Waals surface area contributed by atoms with E-state index < -0.39 is 5.82 Å². The first kappa shape index (κ1) is 14.6. The molecule has 5 heteroatoms. The number of hydrogen-bond donors (Lipinski definition) is 2. The highest BCUT2D eigenvalue weighted by Crippen LogP contribution is 2.21. The highest BCUT2D eigenvalue weighted by molar-refractivity contribution is 5.89. The summed E-state index contributed by atoms with van der Waals surface area (Å²) in [6.45, 7) is 0. The van der Waals surface area contributed by atoms with Crippen LogP contribution < -0.4 is 15.4 Å². The van der Waals surface area contributed by atoms with Crippen LogP contribution in [0.5, 0.6) is 5.75 Å². The van der Waals surface area contributed by atoms with Crippen LogP contribution in [-0.2, 0) is 0 Å². The number of urea groups is 1. The van der Waals surface area contributed by atoms with Crippen molar-refractivity contribution in [2.24, 2.45) is 0 Å². The van der Waals surface area contributed by atoms with E-state index in [1.807, 2.05) is 0 Å². The van der Waals surface area contributed by atoms with E-state index in [1.54, 1.807) is 6.07 Å². The third-order valence-corrected chi connectivity index (χ3v) is 3.60. The normalized spacial score (nSPS) is 16.3. The number of anilines is 1. The summed E-state index contributed by atoms with van der Waals surface area (Å²) in [5, 5.41) is 5.61. The van der Waals surface area contributed by atoms with Crippen molar-refractivity contribution in [2.45, 2.75) is 44.6 Å². The van der Waals surface area contributed by atoms with E-state index in [0.29, 0.717) is 5.69 Å². The van der Waals surface area contributed by atoms with Gasteiger partial charge in [-0.05, 0) is 25.0 Å². The van der Waals surface area contributed by atoms with Crippen molar-refractivity contribution in [2.75, 3.05) is 12.4 Å². The maximum absolute atomic E-state index is 13.5. The molecule has 1 fully saturated rings. The smallest absolute Gasteiger partial charge is 0.319 e. The fourth-order valence-corrected chi connectivity index (χ4v) is 2.52. The van der Waals surface area contributed by atoms with Crippen molar-refractivity contribution < 1.29 is 13.9 Å². The molecule has 4 nitrogen and oxygen atoms in total. The summed E-state index contributed by atoms with van der Waals surface area (Å²) in [7, 11) is 1.41. The van der Waals surface area contributed by atoms with Crippen LogP contribution in [0.15, 0.2) is 18.2 Å². The van der Waals surface area contributed by atoms with Crippen molar-refractivity contribution in [1.29, 1.82) is 0 Å². The van der Waals surface area contributed by atoms with Gasteiger partial charge in [-0.1, -0.05) is 25.7 Å². The molecule has 1 aromatic rings. The Morgan fingerprint density at radius 3 is 2.55 bits per heavy atom. The SMILES string of the molecule is COc1ccc(NC(=O)NC2CCCCCC2)cc1F. The van der Waals surface area contributed by atoms with Crippen LogP contribution in [0.2, 0.25) is 0 Å². The molecule has 0 unspecified atom stereocenters. The van der Waals surface area contributed by atoms with Gasteiger partial charge in [0.1, 0.15) is 0 Å². The van der Waals surface area contributed by atoms with Gasteiger partial charge < -0.3 is 15.4 Å². The van der Waals surface area contributed by atoms with Gasteiger partial charge in [0.15, 0.2) is 11.6 Å². The highest BCUT2D eigenvalue weighted by Gasteiger charge is 2.15. The minimum atomic E-state index is -0.486. The minimum Gasteiger partial charge on any atom is -0.494 e. The number of amides is 2. The fourth-order valence-electron chi connectivity index (χ4n) is 2.52. The van der Waals surface area contributed by atoms with Gasteiger partial charge in [0, 0.05) is 17.8 Å². The van der Waals surface area contributed by atoms with E-state index in [2.05, 4.69) is 10.6 Å². The molecule has 2 N–H and O–H groups in total. The number of carbonyl (C=O) groups excluding carboxylic acids is 1. The lowest BCUT2D eigenvalue weighted by Crippen LogP contribution is -2.37. The maximum Gasteiger partial charge on any atom is 0.319 e. The van der Waals surface area contributed by atoms with Gasteiger partial charge in [0.2, 0.25) is 0 Å². The Kier molecular flexibility index (Phi) is 5.21. The predicted molar refractivity (Wildman–Crippen MR) is 76.6 cm³/mol. The summed E-state index contributed by atoms with van der Waals surface area (Å²) in [5.41, 5.74) is 0.425. The second kappa shape index (κ2) is 7.12. The molecule has 110 valence electrons. The van der Waals surface area contributed by atoms with Gasteiger partial charge >= 0.3 is 6.03 Å². The molecule has 20 heavy (non-hydrogen) atoms. The summed E-state index contributed by atoms with van der Waals surface area (Å²) >= 11 is 0. The number of rotatable bonds is 3. The third-order valence-electron chi connectivity index (χ3n) is 3.60. The standard InChI is InChI=1S/C15H21FN2O2/c1-20-14-9-8-12(10-13(14)16)18-15(19)17-11-6-4-2-3-5-7-11/h8-11H,2-7H2,1H3,(H2,17,18,19). The van der Waals surface area contributed by atoms with Crippen molar-refractivity contribution in [3.05, 3.63) is 24.0 Å². The average Bonchev–Trinajstić information content (AvgIpc) is 2.67. The summed E-state index contributed by atoms with van der Waals surface area (Å²) in [5.74, 6) is -0.320. The molecular weight excluding hydrogens is 259 g/mol. The van der Waals surface area contributed by atoms with Gasteiger partial charge in [-0.2, -0.15) is 0 Å². The Labute approximate surface area is 118 Å². The molecule has 0 bridgehead atoms. The van der Waals surface area contributed by atoms with E-state index in [9.17, 15) is 9.18 Å². The first-order valence-electron chi connectivity index (χ1n) is 7.10. The van der Waals surface area contributed by atoms with Gasteiger partial charge in [-0.15, -0.1) is 0 Å². The Bertz CT molecular complexity index is 457. The van der Waals surface area contributed by atoms with Crippen LogP contribution >= 0.6 is 0 Å². The largest absolute Gasteiger partial charge is 0.494 e. The number of hydrogen-bond acceptors (Lipinski definition) is 2. The minimum absolute atomic E-state index is 0.166. The first-order valence-corrected chi connectivity index (χ1v) is 7.10. The Hall–Kier alpha value is -1.78. The zero-order chi connectivity index (χ0) is 14.4.